The van der Waals surface area contributed by atoms with E-state index in [1.807, 2.05) is 24.4 Å². The largest absolute Gasteiger partial charge is 0.377 e. The molecular weight excluding hydrogens is 388 g/mol. The van der Waals surface area contributed by atoms with Crippen molar-refractivity contribution in [1.29, 1.82) is 0 Å². The average molecular weight is 405 g/mol. The average Bonchev–Trinajstić information content (AvgIpc) is 3.35. The number of anilines is 1. The first kappa shape index (κ1) is 18.0. The molecule has 1 aliphatic rings. The van der Waals surface area contributed by atoms with E-state index in [1.54, 1.807) is 23.1 Å². The standard InChI is InChI=1S/C18H17ClN4O3S/c1-11-9-12(19)4-5-13(11)20-18(24)23-6-7-25-10-14(23)17-21-16(22-26-17)15-3-2-8-27-15/h2-5,8-9,14H,6-7,10H2,1H3,(H,20,24)/t14-/m0/s1. The third-order valence-corrected chi connectivity index (χ3v) is 5.39. The van der Waals surface area contributed by atoms with Gasteiger partial charge >= 0.3 is 6.03 Å². The highest BCUT2D eigenvalue weighted by atomic mass is 35.5. The Hall–Kier alpha value is -2.42. The molecule has 0 spiro atoms. The van der Waals surface area contributed by atoms with Gasteiger partial charge in [-0.1, -0.05) is 22.8 Å². The number of carbonyl (C=O) groups is 1. The molecule has 9 heteroatoms. The number of urea groups is 1. The number of nitrogens with zero attached hydrogens (tertiary/aromatic N) is 3. The van der Waals surface area contributed by atoms with E-state index in [0.717, 1.165) is 10.4 Å². The Morgan fingerprint density at radius 1 is 1.41 bits per heavy atom. The Labute approximate surface area is 164 Å². The fourth-order valence-electron chi connectivity index (χ4n) is 2.88. The van der Waals surface area contributed by atoms with Crippen molar-refractivity contribution in [2.24, 2.45) is 0 Å². The molecule has 0 radical (unpaired) electrons. The minimum Gasteiger partial charge on any atom is -0.377 e. The quantitative estimate of drug-likeness (QED) is 0.701. The molecule has 1 aromatic carbocycles. The predicted molar refractivity (Wildman–Crippen MR) is 103 cm³/mol. The topological polar surface area (TPSA) is 80.5 Å². The molecular formula is C18H17ClN4O3S. The van der Waals surface area contributed by atoms with Gasteiger partial charge in [-0.3, -0.25) is 0 Å². The summed E-state index contributed by atoms with van der Waals surface area (Å²) in [6.07, 6.45) is 0. The van der Waals surface area contributed by atoms with Gasteiger partial charge in [0.1, 0.15) is 6.04 Å². The summed E-state index contributed by atoms with van der Waals surface area (Å²) in [5.74, 6) is 0.876. The molecule has 0 bridgehead atoms. The van der Waals surface area contributed by atoms with E-state index in [1.165, 1.54) is 11.3 Å². The monoisotopic (exact) mass is 404 g/mol. The van der Waals surface area contributed by atoms with Crippen molar-refractivity contribution in [3.05, 3.63) is 52.2 Å². The third-order valence-electron chi connectivity index (χ3n) is 4.29. The Bertz CT molecular complexity index is 944. The first-order valence-electron chi connectivity index (χ1n) is 8.41. The lowest BCUT2D eigenvalue weighted by Crippen LogP contribution is -2.45. The summed E-state index contributed by atoms with van der Waals surface area (Å²) in [5.41, 5.74) is 1.60. The van der Waals surface area contributed by atoms with E-state index in [-0.39, 0.29) is 6.03 Å². The smallest absolute Gasteiger partial charge is 0.322 e. The lowest BCUT2D eigenvalue weighted by molar-refractivity contribution is 0.00348. The second-order valence-electron chi connectivity index (χ2n) is 6.11. The molecule has 1 saturated heterocycles. The van der Waals surface area contributed by atoms with Crippen LogP contribution in [0.2, 0.25) is 5.02 Å². The van der Waals surface area contributed by atoms with Crippen LogP contribution in [0.3, 0.4) is 0 Å². The summed E-state index contributed by atoms with van der Waals surface area (Å²) < 4.78 is 11.0. The number of morpholine rings is 1. The lowest BCUT2D eigenvalue weighted by Gasteiger charge is -2.33. The van der Waals surface area contributed by atoms with Crippen LogP contribution in [-0.2, 0) is 4.74 Å². The van der Waals surface area contributed by atoms with Crippen LogP contribution < -0.4 is 5.32 Å². The van der Waals surface area contributed by atoms with E-state index in [0.29, 0.717) is 42.2 Å². The molecule has 1 fully saturated rings. The van der Waals surface area contributed by atoms with Crippen molar-refractivity contribution in [3.63, 3.8) is 0 Å². The zero-order valence-electron chi connectivity index (χ0n) is 14.5. The van der Waals surface area contributed by atoms with Crippen molar-refractivity contribution >= 4 is 34.7 Å². The molecule has 0 unspecified atom stereocenters. The van der Waals surface area contributed by atoms with Gasteiger partial charge in [0.2, 0.25) is 5.82 Å². The second kappa shape index (κ2) is 7.67. The maximum atomic E-state index is 12.9. The summed E-state index contributed by atoms with van der Waals surface area (Å²) in [4.78, 5) is 19.9. The van der Waals surface area contributed by atoms with Gasteiger partial charge in [-0.05, 0) is 42.1 Å². The van der Waals surface area contributed by atoms with Gasteiger partial charge in [-0.2, -0.15) is 4.98 Å². The number of benzene rings is 1. The molecule has 3 heterocycles. The van der Waals surface area contributed by atoms with Gasteiger partial charge in [-0.25, -0.2) is 4.79 Å². The highest BCUT2D eigenvalue weighted by molar-refractivity contribution is 7.13. The zero-order valence-corrected chi connectivity index (χ0v) is 16.1. The summed E-state index contributed by atoms with van der Waals surface area (Å²) in [5, 5.41) is 9.53. The second-order valence-corrected chi connectivity index (χ2v) is 7.49. The van der Waals surface area contributed by atoms with Gasteiger partial charge in [0.15, 0.2) is 0 Å². The highest BCUT2D eigenvalue weighted by Crippen LogP contribution is 2.28. The summed E-state index contributed by atoms with van der Waals surface area (Å²) in [7, 11) is 0. The van der Waals surface area contributed by atoms with Crippen molar-refractivity contribution in [2.75, 3.05) is 25.1 Å². The Morgan fingerprint density at radius 2 is 2.30 bits per heavy atom. The van der Waals surface area contributed by atoms with Crippen LogP contribution in [0.15, 0.2) is 40.2 Å². The third kappa shape index (κ3) is 3.83. The van der Waals surface area contributed by atoms with Crippen LogP contribution in [0.25, 0.3) is 10.7 Å². The van der Waals surface area contributed by atoms with Gasteiger partial charge < -0.3 is 19.5 Å². The molecule has 2 amide bonds. The van der Waals surface area contributed by atoms with E-state index in [9.17, 15) is 4.79 Å². The van der Waals surface area contributed by atoms with Crippen LogP contribution in [0.1, 0.15) is 17.5 Å². The molecule has 1 aliphatic heterocycles. The summed E-state index contributed by atoms with van der Waals surface area (Å²) in [6.45, 7) is 3.08. The van der Waals surface area contributed by atoms with Crippen molar-refractivity contribution in [1.82, 2.24) is 15.0 Å². The van der Waals surface area contributed by atoms with Gasteiger partial charge in [0, 0.05) is 17.3 Å². The van der Waals surface area contributed by atoms with Crippen LogP contribution >= 0.6 is 22.9 Å². The first-order valence-corrected chi connectivity index (χ1v) is 9.66. The number of amides is 2. The van der Waals surface area contributed by atoms with Crippen LogP contribution in [0.4, 0.5) is 10.5 Å². The number of thiophene rings is 1. The number of aryl methyl sites for hydroxylation is 1. The highest BCUT2D eigenvalue weighted by Gasteiger charge is 2.33. The normalized spacial score (nSPS) is 17.1. The van der Waals surface area contributed by atoms with E-state index in [2.05, 4.69) is 15.5 Å². The molecule has 7 nitrogen and oxygen atoms in total. The first-order chi connectivity index (χ1) is 13.1. The lowest BCUT2D eigenvalue weighted by atomic mass is 10.2. The van der Waals surface area contributed by atoms with Crippen LogP contribution in [0, 0.1) is 6.92 Å². The molecule has 0 aliphatic carbocycles. The summed E-state index contributed by atoms with van der Waals surface area (Å²) in [6, 6.07) is 8.49. The molecule has 140 valence electrons. The van der Waals surface area contributed by atoms with Crippen LogP contribution in [0.5, 0.6) is 0 Å². The number of aromatic nitrogens is 2. The fraction of sp³-hybridized carbons (Fsp3) is 0.278. The fourth-order valence-corrected chi connectivity index (χ4v) is 3.76. The van der Waals surface area contributed by atoms with E-state index in [4.69, 9.17) is 20.9 Å². The van der Waals surface area contributed by atoms with Crippen molar-refractivity contribution in [2.45, 2.75) is 13.0 Å². The molecule has 27 heavy (non-hydrogen) atoms. The number of rotatable bonds is 3. The maximum absolute atomic E-state index is 12.9. The number of nitrogens with one attached hydrogen (secondary N) is 1. The molecule has 1 N–H and O–H groups in total. The number of carbonyl (C=O) groups excluding carboxylic acids is 1. The molecule has 3 aromatic rings. The maximum Gasteiger partial charge on any atom is 0.322 e. The molecule has 2 aromatic heterocycles. The number of halogens is 1. The minimum atomic E-state index is -0.437. The zero-order chi connectivity index (χ0) is 18.8. The van der Waals surface area contributed by atoms with Crippen molar-refractivity contribution < 1.29 is 14.1 Å². The predicted octanol–water partition coefficient (Wildman–Crippen LogP) is 4.37. The van der Waals surface area contributed by atoms with E-state index < -0.39 is 6.04 Å². The number of hydrogen-bond donors (Lipinski definition) is 1. The molecule has 0 saturated carbocycles. The minimum absolute atomic E-state index is 0.246. The number of ether oxygens (including phenoxy) is 1. The molecule has 4 rings (SSSR count). The van der Waals surface area contributed by atoms with Gasteiger partial charge in [-0.15, -0.1) is 11.3 Å². The van der Waals surface area contributed by atoms with E-state index >= 15 is 0 Å². The number of hydrogen-bond acceptors (Lipinski definition) is 6. The Kier molecular flexibility index (Phi) is 5.11. The Morgan fingerprint density at radius 3 is 3.07 bits per heavy atom. The molecule has 1 atom stereocenters. The van der Waals surface area contributed by atoms with Crippen molar-refractivity contribution in [3.8, 4) is 10.7 Å². The van der Waals surface area contributed by atoms with Crippen LogP contribution in [-0.4, -0.2) is 40.8 Å². The SMILES string of the molecule is Cc1cc(Cl)ccc1NC(=O)N1CCOC[C@H]1c1nc(-c2cccs2)no1. The summed E-state index contributed by atoms with van der Waals surface area (Å²) >= 11 is 7.51. The van der Waals surface area contributed by atoms with Gasteiger partial charge in [0.05, 0.1) is 18.1 Å². The Balaban J connectivity index is 1.54. The van der Waals surface area contributed by atoms with Gasteiger partial charge in [0.25, 0.3) is 5.89 Å².